The van der Waals surface area contributed by atoms with Gasteiger partial charge in [-0.1, -0.05) is 92.7 Å². The van der Waals surface area contributed by atoms with E-state index in [1.807, 2.05) is 54.7 Å². The number of ether oxygens (including phenoxy) is 1. The van der Waals surface area contributed by atoms with Gasteiger partial charge in [0.05, 0.1) is 33.7 Å². The summed E-state index contributed by atoms with van der Waals surface area (Å²) in [5.74, 6) is 1.50. The zero-order chi connectivity index (χ0) is 32.2. The molecule has 0 saturated heterocycles. The Kier molecular flexibility index (Phi) is 6.40. The SMILES string of the molecule is CC1(C)c2ccccc2N(c2ccccc2)c2c1cnc1c2c2ccccc2n1-c1cccc(Oc2cccc(-c3ccccn3)c2)c1. The second kappa shape index (κ2) is 11.0. The Labute approximate surface area is 279 Å². The lowest BCUT2D eigenvalue weighted by Crippen LogP contribution is -2.31. The van der Waals surface area contributed by atoms with Gasteiger partial charge in [-0.3, -0.25) is 9.55 Å². The maximum Gasteiger partial charge on any atom is 0.147 e. The van der Waals surface area contributed by atoms with Gasteiger partial charge in [-0.25, -0.2) is 4.98 Å². The molecule has 0 bridgehead atoms. The lowest BCUT2D eigenvalue weighted by Gasteiger charge is -2.42. The summed E-state index contributed by atoms with van der Waals surface area (Å²) in [6.07, 6.45) is 3.89. The summed E-state index contributed by atoms with van der Waals surface area (Å²) in [5, 5.41) is 2.28. The minimum absolute atomic E-state index is 0.251. The third-order valence-electron chi connectivity index (χ3n) is 9.49. The van der Waals surface area contributed by atoms with E-state index in [4.69, 9.17) is 9.72 Å². The van der Waals surface area contributed by atoms with Gasteiger partial charge in [0.1, 0.15) is 17.1 Å². The van der Waals surface area contributed by atoms with Crippen LogP contribution < -0.4 is 9.64 Å². The molecule has 5 nitrogen and oxygen atoms in total. The average Bonchev–Trinajstić information content (AvgIpc) is 3.48. The molecule has 5 aromatic carbocycles. The van der Waals surface area contributed by atoms with Gasteiger partial charge in [0.25, 0.3) is 0 Å². The smallest absolute Gasteiger partial charge is 0.147 e. The average molecular weight is 621 g/mol. The van der Waals surface area contributed by atoms with Gasteiger partial charge in [-0.2, -0.15) is 0 Å². The van der Waals surface area contributed by atoms with E-state index in [0.717, 1.165) is 56.1 Å². The zero-order valence-corrected chi connectivity index (χ0v) is 26.7. The van der Waals surface area contributed by atoms with Crippen molar-refractivity contribution in [3.05, 3.63) is 169 Å². The molecule has 0 atom stereocenters. The minimum atomic E-state index is -0.251. The minimum Gasteiger partial charge on any atom is -0.457 e. The molecule has 0 aliphatic carbocycles. The molecule has 0 saturated carbocycles. The molecule has 4 heterocycles. The van der Waals surface area contributed by atoms with Crippen LogP contribution in [-0.2, 0) is 5.41 Å². The molecule has 0 amide bonds. The number of aromatic nitrogens is 3. The van der Waals surface area contributed by atoms with E-state index >= 15 is 0 Å². The first-order chi connectivity index (χ1) is 23.6. The zero-order valence-electron chi connectivity index (χ0n) is 26.7. The predicted octanol–water partition coefficient (Wildman–Crippen LogP) is 11.1. The summed E-state index contributed by atoms with van der Waals surface area (Å²) < 4.78 is 8.73. The lowest BCUT2D eigenvalue weighted by molar-refractivity contribution is 0.482. The molecule has 8 aromatic rings. The number of hydrogen-bond donors (Lipinski definition) is 0. The van der Waals surface area contributed by atoms with E-state index in [9.17, 15) is 0 Å². The number of rotatable bonds is 5. The molecule has 230 valence electrons. The molecule has 9 rings (SSSR count). The van der Waals surface area contributed by atoms with E-state index in [0.29, 0.717) is 0 Å². The first kappa shape index (κ1) is 28.1. The fourth-order valence-corrected chi connectivity index (χ4v) is 7.24. The standard InChI is InChI=1S/C43H32N4O/c1-43(2)35-21-7-9-24-39(35)46(30-15-4-3-5-16-30)41-36(43)28-45-42-40(41)34-20-6-8-23-38(34)47(42)31-17-13-19-33(27-31)48-32-18-12-14-29(26-32)37-22-10-11-25-44-37/h3-28H,1-2H3. The fourth-order valence-electron chi connectivity index (χ4n) is 7.24. The van der Waals surface area contributed by atoms with Crippen molar-refractivity contribution in [2.45, 2.75) is 19.3 Å². The van der Waals surface area contributed by atoms with Crippen LogP contribution in [0.15, 0.2) is 158 Å². The highest BCUT2D eigenvalue weighted by Gasteiger charge is 2.39. The second-order valence-corrected chi connectivity index (χ2v) is 12.7. The Balaban J connectivity index is 1.24. The van der Waals surface area contributed by atoms with Crippen molar-refractivity contribution in [3.8, 4) is 28.4 Å². The van der Waals surface area contributed by atoms with Crippen LogP contribution in [0.1, 0.15) is 25.0 Å². The number of hydrogen-bond acceptors (Lipinski definition) is 4. The third-order valence-corrected chi connectivity index (χ3v) is 9.49. The first-order valence-corrected chi connectivity index (χ1v) is 16.2. The summed E-state index contributed by atoms with van der Waals surface area (Å²) in [7, 11) is 0. The van der Waals surface area contributed by atoms with Crippen molar-refractivity contribution in [2.24, 2.45) is 0 Å². The Bertz CT molecular complexity index is 2470. The highest BCUT2D eigenvalue weighted by molar-refractivity contribution is 6.17. The van der Waals surface area contributed by atoms with Crippen molar-refractivity contribution in [2.75, 3.05) is 4.90 Å². The van der Waals surface area contributed by atoms with Gasteiger partial charge >= 0.3 is 0 Å². The molecule has 0 spiro atoms. The monoisotopic (exact) mass is 620 g/mol. The molecule has 0 fully saturated rings. The van der Waals surface area contributed by atoms with Crippen LogP contribution in [0.2, 0.25) is 0 Å². The normalized spacial score (nSPS) is 13.3. The van der Waals surface area contributed by atoms with E-state index in [-0.39, 0.29) is 5.41 Å². The molecule has 0 radical (unpaired) electrons. The Morgan fingerprint density at radius 1 is 0.604 bits per heavy atom. The molecule has 1 aliphatic rings. The number of anilines is 3. The maximum absolute atomic E-state index is 6.47. The summed E-state index contributed by atoms with van der Waals surface area (Å²) in [4.78, 5) is 12.2. The molecule has 3 aromatic heterocycles. The Morgan fingerprint density at radius 2 is 1.33 bits per heavy atom. The van der Waals surface area contributed by atoms with Crippen LogP contribution >= 0.6 is 0 Å². The van der Waals surface area contributed by atoms with E-state index in [2.05, 4.69) is 132 Å². The highest BCUT2D eigenvalue weighted by Crippen LogP contribution is 2.55. The largest absolute Gasteiger partial charge is 0.457 e. The lowest BCUT2D eigenvalue weighted by atomic mass is 9.73. The Morgan fingerprint density at radius 3 is 2.19 bits per heavy atom. The van der Waals surface area contributed by atoms with Crippen LogP contribution in [0.5, 0.6) is 11.5 Å². The van der Waals surface area contributed by atoms with E-state index < -0.39 is 0 Å². The van der Waals surface area contributed by atoms with Gasteiger partial charge in [0.15, 0.2) is 0 Å². The van der Waals surface area contributed by atoms with Crippen LogP contribution in [0, 0.1) is 0 Å². The first-order valence-electron chi connectivity index (χ1n) is 16.2. The number of benzene rings is 5. The molecule has 48 heavy (non-hydrogen) atoms. The summed E-state index contributed by atoms with van der Waals surface area (Å²) >= 11 is 0. The molecule has 0 N–H and O–H groups in total. The van der Waals surface area contributed by atoms with Crippen LogP contribution in [0.4, 0.5) is 17.1 Å². The van der Waals surface area contributed by atoms with Gasteiger partial charge in [0, 0.05) is 46.1 Å². The van der Waals surface area contributed by atoms with Crippen molar-refractivity contribution in [1.29, 1.82) is 0 Å². The molecule has 0 unspecified atom stereocenters. The van der Waals surface area contributed by atoms with E-state index in [1.54, 1.807) is 0 Å². The fraction of sp³-hybridized carbons (Fsp3) is 0.0698. The van der Waals surface area contributed by atoms with Gasteiger partial charge in [-0.05, 0) is 66.2 Å². The van der Waals surface area contributed by atoms with E-state index in [1.165, 1.54) is 22.5 Å². The molecule has 5 heteroatoms. The second-order valence-electron chi connectivity index (χ2n) is 12.7. The predicted molar refractivity (Wildman–Crippen MR) is 195 cm³/mol. The third kappa shape index (κ3) is 4.39. The van der Waals surface area contributed by atoms with Crippen LogP contribution in [-0.4, -0.2) is 14.5 Å². The van der Waals surface area contributed by atoms with Crippen molar-refractivity contribution < 1.29 is 4.74 Å². The summed E-state index contributed by atoms with van der Waals surface area (Å²) in [6, 6.07) is 50.3. The molecular formula is C43H32N4O. The van der Waals surface area contributed by atoms with Crippen molar-refractivity contribution >= 4 is 39.0 Å². The molecule has 1 aliphatic heterocycles. The van der Waals surface area contributed by atoms with Crippen LogP contribution in [0.25, 0.3) is 38.9 Å². The maximum atomic E-state index is 6.47. The quantitative estimate of drug-likeness (QED) is 0.192. The summed E-state index contributed by atoms with van der Waals surface area (Å²) in [5.41, 5.74) is 10.6. The number of nitrogens with zero attached hydrogens (tertiary/aromatic N) is 4. The number of fused-ring (bicyclic) bond motifs is 6. The van der Waals surface area contributed by atoms with Crippen LogP contribution in [0.3, 0.4) is 0 Å². The van der Waals surface area contributed by atoms with Gasteiger partial charge in [0.2, 0.25) is 0 Å². The van der Waals surface area contributed by atoms with Gasteiger partial charge < -0.3 is 9.64 Å². The Hall–Kier alpha value is -6.20. The topological polar surface area (TPSA) is 43.2 Å². The highest BCUT2D eigenvalue weighted by atomic mass is 16.5. The number of pyridine rings is 2. The van der Waals surface area contributed by atoms with Gasteiger partial charge in [-0.15, -0.1) is 0 Å². The van der Waals surface area contributed by atoms with Crippen molar-refractivity contribution in [1.82, 2.24) is 14.5 Å². The summed E-state index contributed by atoms with van der Waals surface area (Å²) in [6.45, 7) is 4.62. The molecular weight excluding hydrogens is 589 g/mol. The number of para-hydroxylation sites is 3. The van der Waals surface area contributed by atoms with Crippen molar-refractivity contribution in [3.63, 3.8) is 0 Å².